The van der Waals surface area contributed by atoms with Crippen LogP contribution in [0.4, 0.5) is 20.2 Å². The van der Waals surface area contributed by atoms with Crippen molar-refractivity contribution < 1.29 is 18.4 Å². The van der Waals surface area contributed by atoms with E-state index >= 15 is 0 Å². The van der Waals surface area contributed by atoms with E-state index in [1.54, 1.807) is 0 Å². The first-order valence-electron chi connectivity index (χ1n) is 6.41. The molecule has 0 aromatic heterocycles. The Bertz CT molecular complexity index is 497. The number of non-ortho nitro benzene ring substituents is 1. The second-order valence-corrected chi connectivity index (χ2v) is 4.83. The largest absolute Gasteiger partial charge is 0.384 e. The van der Waals surface area contributed by atoms with Crippen molar-refractivity contribution in [2.24, 2.45) is 5.92 Å². The number of ether oxygens (including phenoxy) is 1. The summed E-state index contributed by atoms with van der Waals surface area (Å²) in [5, 5.41) is 13.6. The number of nitrogens with one attached hydrogen (secondary N) is 1. The fraction of sp³-hybridized carbons (Fsp3) is 0.538. The van der Waals surface area contributed by atoms with E-state index in [1.807, 2.05) is 6.92 Å². The van der Waals surface area contributed by atoms with Gasteiger partial charge in [-0.2, -0.15) is 0 Å². The minimum atomic E-state index is -2.75. The number of hydrogen-bond acceptors (Lipinski definition) is 4. The molecule has 1 heterocycles. The van der Waals surface area contributed by atoms with E-state index in [2.05, 4.69) is 5.32 Å². The molecule has 1 saturated heterocycles. The second kappa shape index (κ2) is 6.13. The van der Waals surface area contributed by atoms with E-state index in [4.69, 9.17) is 4.74 Å². The molecule has 0 aliphatic carbocycles. The highest BCUT2D eigenvalue weighted by atomic mass is 19.3. The number of rotatable bonds is 5. The molecule has 0 radical (unpaired) electrons. The maximum atomic E-state index is 13.0. The van der Waals surface area contributed by atoms with Crippen LogP contribution in [-0.2, 0) is 4.74 Å². The van der Waals surface area contributed by atoms with Crippen molar-refractivity contribution in [3.63, 3.8) is 0 Å². The summed E-state index contributed by atoms with van der Waals surface area (Å²) in [6.07, 6.45) is -1.78. The molecule has 7 heteroatoms. The molecule has 0 amide bonds. The maximum Gasteiger partial charge on any atom is 0.270 e. The normalized spacial score (nSPS) is 22.2. The van der Waals surface area contributed by atoms with Gasteiger partial charge in [-0.1, -0.05) is 0 Å². The van der Waals surface area contributed by atoms with Crippen LogP contribution in [0.25, 0.3) is 0 Å². The number of nitro benzene ring substituents is 1. The molecule has 1 fully saturated rings. The number of nitrogens with zero attached hydrogens (tertiary/aromatic N) is 1. The molecule has 1 aromatic rings. The lowest BCUT2D eigenvalue weighted by Gasteiger charge is -2.17. The van der Waals surface area contributed by atoms with Crippen LogP contribution in [0.2, 0.25) is 0 Å². The molecule has 0 bridgehead atoms. The summed E-state index contributed by atoms with van der Waals surface area (Å²) < 4.78 is 31.3. The zero-order chi connectivity index (χ0) is 14.7. The van der Waals surface area contributed by atoms with Gasteiger partial charge in [-0.15, -0.1) is 0 Å². The van der Waals surface area contributed by atoms with Crippen molar-refractivity contribution in [1.82, 2.24) is 0 Å². The molecular formula is C13H16F2N2O3. The van der Waals surface area contributed by atoms with Gasteiger partial charge in [-0.3, -0.25) is 10.1 Å². The molecule has 2 rings (SSSR count). The van der Waals surface area contributed by atoms with Crippen molar-refractivity contribution in [2.45, 2.75) is 25.9 Å². The van der Waals surface area contributed by atoms with Crippen LogP contribution in [0.5, 0.6) is 0 Å². The lowest BCUT2D eigenvalue weighted by atomic mass is 10.0. The Balaban J connectivity index is 2.12. The third-order valence-corrected chi connectivity index (χ3v) is 3.57. The van der Waals surface area contributed by atoms with E-state index in [1.165, 1.54) is 12.1 Å². The summed E-state index contributed by atoms with van der Waals surface area (Å²) >= 11 is 0. The SMILES string of the molecule is CC1OCCC1CNc1ccc([N+](=O)[O-])cc1C(F)F. The highest BCUT2D eigenvalue weighted by molar-refractivity contribution is 5.56. The molecule has 0 saturated carbocycles. The second-order valence-electron chi connectivity index (χ2n) is 4.83. The van der Waals surface area contributed by atoms with E-state index in [0.29, 0.717) is 13.2 Å². The van der Waals surface area contributed by atoms with Crippen LogP contribution in [0.3, 0.4) is 0 Å². The van der Waals surface area contributed by atoms with Gasteiger partial charge >= 0.3 is 0 Å². The number of alkyl halides is 2. The van der Waals surface area contributed by atoms with Gasteiger partial charge in [0, 0.05) is 42.5 Å². The fourth-order valence-corrected chi connectivity index (χ4v) is 2.29. The number of anilines is 1. The Morgan fingerprint density at radius 2 is 2.30 bits per heavy atom. The minimum Gasteiger partial charge on any atom is -0.384 e. The predicted octanol–water partition coefficient (Wildman–Crippen LogP) is 3.37. The van der Waals surface area contributed by atoms with E-state index in [9.17, 15) is 18.9 Å². The molecule has 2 unspecified atom stereocenters. The zero-order valence-corrected chi connectivity index (χ0v) is 11.0. The number of nitro groups is 1. The summed E-state index contributed by atoms with van der Waals surface area (Å²) in [5.41, 5.74) is -0.432. The summed E-state index contributed by atoms with van der Waals surface area (Å²) in [4.78, 5) is 9.94. The first-order chi connectivity index (χ1) is 9.49. The number of benzene rings is 1. The van der Waals surface area contributed by atoms with E-state index < -0.39 is 11.3 Å². The lowest BCUT2D eigenvalue weighted by molar-refractivity contribution is -0.385. The highest BCUT2D eigenvalue weighted by Crippen LogP contribution is 2.31. The topological polar surface area (TPSA) is 64.4 Å². The Hall–Kier alpha value is -1.76. The smallest absolute Gasteiger partial charge is 0.270 e. The van der Waals surface area contributed by atoms with Gasteiger partial charge in [-0.25, -0.2) is 8.78 Å². The van der Waals surface area contributed by atoms with E-state index in [0.717, 1.165) is 12.5 Å². The molecule has 0 spiro atoms. The molecule has 1 N–H and O–H groups in total. The quantitative estimate of drug-likeness (QED) is 0.665. The third-order valence-electron chi connectivity index (χ3n) is 3.57. The summed E-state index contributed by atoms with van der Waals surface area (Å²) in [7, 11) is 0. The Morgan fingerprint density at radius 3 is 2.85 bits per heavy atom. The first kappa shape index (κ1) is 14.6. The van der Waals surface area contributed by atoms with Crippen molar-refractivity contribution in [1.29, 1.82) is 0 Å². The van der Waals surface area contributed by atoms with Gasteiger partial charge in [0.05, 0.1) is 11.0 Å². The van der Waals surface area contributed by atoms with Crippen molar-refractivity contribution in [3.8, 4) is 0 Å². The molecular weight excluding hydrogens is 270 g/mol. The third kappa shape index (κ3) is 3.22. The number of halogens is 2. The minimum absolute atomic E-state index is 0.0931. The average molecular weight is 286 g/mol. The molecule has 5 nitrogen and oxygen atoms in total. The van der Waals surface area contributed by atoms with Crippen molar-refractivity contribution in [2.75, 3.05) is 18.5 Å². The van der Waals surface area contributed by atoms with Gasteiger partial charge in [-0.05, 0) is 19.4 Å². The van der Waals surface area contributed by atoms with Crippen LogP contribution in [-0.4, -0.2) is 24.2 Å². The standard InChI is InChI=1S/C13H16F2N2O3/c1-8-9(4-5-20-8)7-16-12-3-2-10(17(18)19)6-11(12)13(14)15/h2-3,6,8-9,13,16H,4-5,7H2,1H3. The molecule has 110 valence electrons. The number of hydrogen-bond donors (Lipinski definition) is 1. The Morgan fingerprint density at radius 1 is 1.55 bits per heavy atom. The summed E-state index contributed by atoms with van der Waals surface area (Å²) in [6.45, 7) is 3.14. The van der Waals surface area contributed by atoms with Gasteiger partial charge < -0.3 is 10.1 Å². The average Bonchev–Trinajstić information content (AvgIpc) is 2.81. The maximum absolute atomic E-state index is 13.0. The summed E-state index contributed by atoms with van der Waals surface area (Å²) in [6, 6.07) is 3.48. The summed E-state index contributed by atoms with van der Waals surface area (Å²) in [5.74, 6) is 0.260. The lowest BCUT2D eigenvalue weighted by Crippen LogP contribution is -2.21. The van der Waals surface area contributed by atoms with E-state index in [-0.39, 0.29) is 29.0 Å². The zero-order valence-electron chi connectivity index (χ0n) is 11.0. The van der Waals surface area contributed by atoms with Crippen LogP contribution in [0.15, 0.2) is 18.2 Å². The van der Waals surface area contributed by atoms with Gasteiger partial charge in [0.15, 0.2) is 0 Å². The van der Waals surface area contributed by atoms with Crippen LogP contribution < -0.4 is 5.32 Å². The van der Waals surface area contributed by atoms with Gasteiger partial charge in [0.25, 0.3) is 12.1 Å². The predicted molar refractivity (Wildman–Crippen MR) is 70.1 cm³/mol. The monoisotopic (exact) mass is 286 g/mol. The highest BCUT2D eigenvalue weighted by Gasteiger charge is 2.25. The van der Waals surface area contributed by atoms with Gasteiger partial charge in [0.2, 0.25) is 0 Å². The molecule has 1 aliphatic heterocycles. The molecule has 1 aromatic carbocycles. The van der Waals surface area contributed by atoms with Gasteiger partial charge in [0.1, 0.15) is 0 Å². The Labute approximate surface area is 115 Å². The molecule has 20 heavy (non-hydrogen) atoms. The van der Waals surface area contributed by atoms with Crippen molar-refractivity contribution >= 4 is 11.4 Å². The molecule has 2 atom stereocenters. The van der Waals surface area contributed by atoms with Crippen LogP contribution in [0, 0.1) is 16.0 Å². The first-order valence-corrected chi connectivity index (χ1v) is 6.41. The van der Waals surface area contributed by atoms with Crippen LogP contribution >= 0.6 is 0 Å². The molecule has 1 aliphatic rings. The fourth-order valence-electron chi connectivity index (χ4n) is 2.29. The van der Waals surface area contributed by atoms with Crippen LogP contribution in [0.1, 0.15) is 25.3 Å². The van der Waals surface area contributed by atoms with Crippen molar-refractivity contribution in [3.05, 3.63) is 33.9 Å². The Kier molecular flexibility index (Phi) is 4.49.